The number of nitrogens with zero attached hydrogens (tertiary/aromatic N) is 2. The zero-order valence-corrected chi connectivity index (χ0v) is 16.0. The highest BCUT2D eigenvalue weighted by molar-refractivity contribution is 6.46. The molecule has 152 valence electrons. The average Bonchev–Trinajstić information content (AvgIpc) is 3.37. The number of rotatable bonds is 6. The first-order chi connectivity index (χ1) is 14.2. The number of aromatic nitrogens is 1. The van der Waals surface area contributed by atoms with E-state index in [2.05, 4.69) is 4.98 Å². The van der Waals surface area contributed by atoms with E-state index < -0.39 is 17.7 Å². The molecule has 0 radical (unpaired) electrons. The first-order valence-electron chi connectivity index (χ1n) is 9.80. The number of nitrogens with one attached hydrogen (secondary N) is 1. The van der Waals surface area contributed by atoms with Crippen LogP contribution in [-0.2, 0) is 14.3 Å². The molecule has 2 saturated heterocycles. The molecule has 4 heterocycles. The number of carbonyl (C=O) groups excluding carboxylic acids is 2. The van der Waals surface area contributed by atoms with Crippen molar-refractivity contribution in [1.82, 2.24) is 9.88 Å². The van der Waals surface area contributed by atoms with Gasteiger partial charge in [0.05, 0.1) is 31.6 Å². The molecule has 8 heteroatoms. The van der Waals surface area contributed by atoms with Crippen LogP contribution < -0.4 is 4.90 Å². The van der Waals surface area contributed by atoms with Crippen LogP contribution >= 0.6 is 0 Å². The van der Waals surface area contributed by atoms with Crippen molar-refractivity contribution in [1.29, 1.82) is 0 Å². The molecule has 2 fully saturated rings. The number of carbonyl (C=O) groups is 2. The van der Waals surface area contributed by atoms with Crippen LogP contribution in [0.1, 0.15) is 23.8 Å². The third kappa shape index (κ3) is 3.94. The number of aliphatic hydroxyl groups excluding tert-OH is 1. The van der Waals surface area contributed by atoms with Gasteiger partial charge in [-0.3, -0.25) is 14.6 Å². The molecular weight excluding hydrogens is 374 g/mol. The van der Waals surface area contributed by atoms with Gasteiger partial charge < -0.3 is 24.1 Å². The molecule has 4 rings (SSSR count). The molecule has 0 unspecified atom stereocenters. The van der Waals surface area contributed by atoms with Crippen molar-refractivity contribution in [3.05, 3.63) is 59.8 Å². The van der Waals surface area contributed by atoms with E-state index in [4.69, 9.17) is 9.15 Å². The summed E-state index contributed by atoms with van der Waals surface area (Å²) in [7, 11) is 0. The molecule has 0 bridgehead atoms. The first kappa shape index (κ1) is 19.4. The Bertz CT molecular complexity index is 888. The van der Waals surface area contributed by atoms with Crippen LogP contribution in [0.25, 0.3) is 5.76 Å². The van der Waals surface area contributed by atoms with Crippen molar-refractivity contribution in [3.8, 4) is 0 Å². The van der Waals surface area contributed by atoms with E-state index in [1.807, 2.05) is 0 Å². The Balaban J connectivity index is 1.60. The fourth-order valence-electron chi connectivity index (χ4n) is 3.93. The minimum Gasteiger partial charge on any atom is -0.507 e. The maximum atomic E-state index is 12.8. The second-order valence-corrected chi connectivity index (χ2v) is 7.21. The molecule has 2 aromatic heterocycles. The van der Waals surface area contributed by atoms with Gasteiger partial charge in [-0.1, -0.05) is 0 Å². The Hall–Kier alpha value is -2.97. The maximum absolute atomic E-state index is 12.8. The number of likely N-dealkylation sites (tertiary alicyclic amines) is 1. The van der Waals surface area contributed by atoms with E-state index in [9.17, 15) is 14.7 Å². The zero-order valence-electron chi connectivity index (χ0n) is 16.0. The van der Waals surface area contributed by atoms with Crippen molar-refractivity contribution in [2.75, 3.05) is 39.4 Å². The summed E-state index contributed by atoms with van der Waals surface area (Å²) in [6, 6.07) is 5.89. The number of hydrogen-bond acceptors (Lipinski definition) is 6. The molecule has 0 spiro atoms. The molecule has 0 aliphatic carbocycles. The molecule has 1 atom stereocenters. The minimum atomic E-state index is -0.738. The summed E-state index contributed by atoms with van der Waals surface area (Å²) >= 11 is 0. The monoisotopic (exact) mass is 398 g/mol. The number of amides is 1. The number of ether oxygens (including phenoxy) is 1. The minimum absolute atomic E-state index is 0.0508. The van der Waals surface area contributed by atoms with Crippen LogP contribution in [0.4, 0.5) is 0 Å². The standard InChI is InChI=1S/C21H23N3O5/c25-19(15-4-6-22-7-5-15)17-18(16-3-1-12-29-16)24(21(27)20(17)26)9-2-8-23-10-13-28-14-11-23/h1,3-7,12,18,25H,2,8-11,13-14H2/p+1/t18-/m0/s1. The largest absolute Gasteiger partial charge is 0.507 e. The fourth-order valence-corrected chi connectivity index (χ4v) is 3.93. The van der Waals surface area contributed by atoms with Crippen LogP contribution in [-0.4, -0.2) is 66.1 Å². The predicted molar refractivity (Wildman–Crippen MR) is 103 cm³/mol. The van der Waals surface area contributed by atoms with Gasteiger partial charge in [0.25, 0.3) is 11.7 Å². The van der Waals surface area contributed by atoms with Gasteiger partial charge in [-0.05, 0) is 24.3 Å². The Morgan fingerprint density at radius 2 is 1.97 bits per heavy atom. The topological polar surface area (TPSA) is 97.3 Å². The molecule has 2 aliphatic heterocycles. The first-order valence-corrected chi connectivity index (χ1v) is 9.80. The van der Waals surface area contributed by atoms with Crippen molar-refractivity contribution in [2.45, 2.75) is 12.5 Å². The van der Waals surface area contributed by atoms with Crippen LogP contribution in [0.5, 0.6) is 0 Å². The highest BCUT2D eigenvalue weighted by Crippen LogP contribution is 2.39. The lowest BCUT2D eigenvalue weighted by atomic mass is 10.00. The molecule has 2 aromatic rings. The molecule has 2 aliphatic rings. The summed E-state index contributed by atoms with van der Waals surface area (Å²) < 4.78 is 10.9. The highest BCUT2D eigenvalue weighted by atomic mass is 16.5. The second kappa shape index (κ2) is 8.59. The van der Waals surface area contributed by atoms with Gasteiger partial charge in [0.15, 0.2) is 0 Å². The van der Waals surface area contributed by atoms with Gasteiger partial charge in [0.1, 0.15) is 30.7 Å². The number of pyridine rings is 1. The van der Waals surface area contributed by atoms with Gasteiger partial charge in [-0.15, -0.1) is 0 Å². The van der Waals surface area contributed by atoms with Crippen LogP contribution in [0.3, 0.4) is 0 Å². The smallest absolute Gasteiger partial charge is 0.295 e. The van der Waals surface area contributed by atoms with Crippen molar-refractivity contribution in [2.24, 2.45) is 0 Å². The molecule has 8 nitrogen and oxygen atoms in total. The summed E-state index contributed by atoms with van der Waals surface area (Å²) in [4.78, 5) is 32.5. The van der Waals surface area contributed by atoms with Gasteiger partial charge in [0.2, 0.25) is 0 Å². The van der Waals surface area contributed by atoms with E-state index in [0.717, 1.165) is 39.3 Å². The van der Waals surface area contributed by atoms with Crippen LogP contribution in [0, 0.1) is 0 Å². The van der Waals surface area contributed by atoms with E-state index in [-0.39, 0.29) is 11.3 Å². The summed E-state index contributed by atoms with van der Waals surface area (Å²) in [5.41, 5.74) is 0.488. The number of furan rings is 1. The third-order valence-electron chi connectivity index (χ3n) is 5.44. The summed E-state index contributed by atoms with van der Waals surface area (Å²) in [6.07, 6.45) is 5.30. The molecule has 29 heavy (non-hydrogen) atoms. The van der Waals surface area contributed by atoms with E-state index in [0.29, 0.717) is 17.9 Å². The number of Topliss-reactive ketones (excluding diaryl/α,β-unsaturated/α-hetero) is 1. The summed E-state index contributed by atoms with van der Waals surface area (Å²) in [5, 5.41) is 10.8. The lowest BCUT2D eigenvalue weighted by Crippen LogP contribution is -3.14. The normalized spacial score (nSPS) is 22.3. The Kier molecular flexibility index (Phi) is 5.73. The Morgan fingerprint density at radius 3 is 2.66 bits per heavy atom. The predicted octanol–water partition coefficient (Wildman–Crippen LogP) is 0.402. The Morgan fingerprint density at radius 1 is 1.21 bits per heavy atom. The highest BCUT2D eigenvalue weighted by Gasteiger charge is 2.47. The lowest BCUT2D eigenvalue weighted by Gasteiger charge is -2.26. The molecule has 1 amide bonds. The third-order valence-corrected chi connectivity index (χ3v) is 5.44. The maximum Gasteiger partial charge on any atom is 0.295 e. The Labute approximate surface area is 168 Å². The van der Waals surface area contributed by atoms with Crippen molar-refractivity contribution < 1.29 is 28.7 Å². The average molecular weight is 398 g/mol. The molecule has 0 aromatic carbocycles. The molecule has 2 N–H and O–H groups in total. The van der Waals surface area contributed by atoms with Crippen molar-refractivity contribution in [3.63, 3.8) is 0 Å². The van der Waals surface area contributed by atoms with Gasteiger partial charge in [-0.2, -0.15) is 0 Å². The van der Waals surface area contributed by atoms with Crippen LogP contribution in [0.15, 0.2) is 52.9 Å². The molecule has 0 saturated carbocycles. The number of ketones is 1. The lowest BCUT2D eigenvalue weighted by molar-refractivity contribution is -0.908. The summed E-state index contributed by atoms with van der Waals surface area (Å²) in [5.74, 6) is -1.06. The molecular formula is C21H24N3O5+. The zero-order chi connectivity index (χ0) is 20.2. The van der Waals surface area contributed by atoms with Crippen molar-refractivity contribution >= 4 is 17.4 Å². The quantitative estimate of drug-likeness (QED) is 0.415. The van der Waals surface area contributed by atoms with E-state index in [1.165, 1.54) is 28.5 Å². The fraction of sp³-hybridized carbons (Fsp3) is 0.381. The number of quaternary nitrogens is 1. The second-order valence-electron chi connectivity index (χ2n) is 7.21. The van der Waals surface area contributed by atoms with E-state index in [1.54, 1.807) is 24.3 Å². The van der Waals surface area contributed by atoms with E-state index >= 15 is 0 Å². The van der Waals surface area contributed by atoms with Gasteiger partial charge >= 0.3 is 0 Å². The number of hydrogen-bond donors (Lipinski definition) is 2. The SMILES string of the molecule is O=C1C(=O)N(CCC[NH+]2CCOCC2)[C@@H](c2ccco2)C1=C(O)c1ccncc1. The van der Waals surface area contributed by atoms with Gasteiger partial charge in [0, 0.05) is 30.9 Å². The van der Waals surface area contributed by atoms with Gasteiger partial charge in [-0.25, -0.2) is 0 Å². The number of aliphatic hydroxyl groups is 1. The summed E-state index contributed by atoms with van der Waals surface area (Å²) in [6.45, 7) is 4.69. The van der Waals surface area contributed by atoms with Crippen LogP contribution in [0.2, 0.25) is 0 Å². The number of morpholine rings is 1.